The molecule has 2 aromatic rings. The Balaban J connectivity index is 1.53. The van der Waals surface area contributed by atoms with E-state index in [-0.39, 0.29) is 23.6 Å². The molecule has 8 nitrogen and oxygen atoms in total. The standard InChI is InChI=1S/C17H17N3O5/c21-19(22)15-5-1-12(2-6-15)9-14-11-25-17(18-14)10-13-3-7-16(8-4-13)20(23)24/h1-8,14,17-18H,9-11H2. The Bertz CT molecular complexity index is 695. The Kier molecular flexibility index (Phi) is 5.01. The van der Waals surface area contributed by atoms with E-state index in [0.29, 0.717) is 13.0 Å². The van der Waals surface area contributed by atoms with E-state index in [0.717, 1.165) is 17.5 Å². The predicted octanol–water partition coefficient (Wildman–Crippen LogP) is 2.60. The number of nitro groups is 2. The van der Waals surface area contributed by atoms with E-state index in [1.165, 1.54) is 24.3 Å². The van der Waals surface area contributed by atoms with Crippen LogP contribution in [0.25, 0.3) is 0 Å². The maximum atomic E-state index is 10.7. The smallest absolute Gasteiger partial charge is 0.269 e. The number of hydrogen-bond acceptors (Lipinski definition) is 6. The molecule has 0 saturated carbocycles. The summed E-state index contributed by atoms with van der Waals surface area (Å²) in [6.45, 7) is 0.550. The Labute approximate surface area is 143 Å². The van der Waals surface area contributed by atoms with Crippen molar-refractivity contribution in [1.29, 1.82) is 0 Å². The molecule has 1 aliphatic heterocycles. The zero-order valence-electron chi connectivity index (χ0n) is 13.3. The van der Waals surface area contributed by atoms with E-state index < -0.39 is 9.85 Å². The highest BCUT2D eigenvalue weighted by molar-refractivity contribution is 5.34. The van der Waals surface area contributed by atoms with Gasteiger partial charge in [0.2, 0.25) is 0 Å². The van der Waals surface area contributed by atoms with Crippen molar-refractivity contribution in [3.63, 3.8) is 0 Å². The molecule has 1 aliphatic rings. The predicted molar refractivity (Wildman–Crippen MR) is 90.3 cm³/mol. The molecular weight excluding hydrogens is 326 g/mol. The number of hydrogen-bond donors (Lipinski definition) is 1. The minimum Gasteiger partial charge on any atom is -0.361 e. The van der Waals surface area contributed by atoms with Crippen LogP contribution in [-0.2, 0) is 17.6 Å². The van der Waals surface area contributed by atoms with Gasteiger partial charge in [-0.05, 0) is 17.5 Å². The molecule has 25 heavy (non-hydrogen) atoms. The number of ether oxygens (including phenoxy) is 1. The first-order valence-corrected chi connectivity index (χ1v) is 7.85. The topological polar surface area (TPSA) is 108 Å². The second kappa shape index (κ2) is 7.37. The highest BCUT2D eigenvalue weighted by atomic mass is 16.6. The molecule has 0 bridgehead atoms. The minimum absolute atomic E-state index is 0.0695. The van der Waals surface area contributed by atoms with Gasteiger partial charge in [-0.3, -0.25) is 25.5 Å². The lowest BCUT2D eigenvalue weighted by atomic mass is 10.1. The van der Waals surface area contributed by atoms with Gasteiger partial charge in [-0.1, -0.05) is 24.3 Å². The number of rotatable bonds is 6. The second-order valence-electron chi connectivity index (χ2n) is 5.94. The van der Waals surface area contributed by atoms with Crippen LogP contribution in [0.15, 0.2) is 48.5 Å². The van der Waals surface area contributed by atoms with E-state index in [4.69, 9.17) is 4.74 Å². The van der Waals surface area contributed by atoms with Crippen molar-refractivity contribution in [2.45, 2.75) is 25.1 Å². The van der Waals surface area contributed by atoms with E-state index in [9.17, 15) is 20.2 Å². The normalized spacial score (nSPS) is 19.7. The Morgan fingerprint density at radius 1 is 0.880 bits per heavy atom. The Morgan fingerprint density at radius 3 is 1.84 bits per heavy atom. The molecule has 0 aliphatic carbocycles. The quantitative estimate of drug-likeness (QED) is 0.638. The van der Waals surface area contributed by atoms with Gasteiger partial charge < -0.3 is 4.74 Å². The molecule has 2 aromatic carbocycles. The van der Waals surface area contributed by atoms with Crippen molar-refractivity contribution in [1.82, 2.24) is 5.32 Å². The molecule has 1 saturated heterocycles. The van der Waals surface area contributed by atoms with Crippen molar-refractivity contribution in [2.24, 2.45) is 0 Å². The van der Waals surface area contributed by atoms with E-state index >= 15 is 0 Å². The second-order valence-corrected chi connectivity index (χ2v) is 5.94. The molecule has 1 fully saturated rings. The zero-order chi connectivity index (χ0) is 17.8. The summed E-state index contributed by atoms with van der Waals surface area (Å²) >= 11 is 0. The largest absolute Gasteiger partial charge is 0.361 e. The van der Waals surface area contributed by atoms with Crippen LogP contribution in [-0.4, -0.2) is 28.7 Å². The van der Waals surface area contributed by atoms with E-state index in [1.54, 1.807) is 24.3 Å². The molecule has 3 rings (SSSR count). The molecule has 0 amide bonds. The van der Waals surface area contributed by atoms with Crippen molar-refractivity contribution in [3.05, 3.63) is 79.9 Å². The van der Waals surface area contributed by atoms with E-state index in [1.807, 2.05) is 0 Å². The van der Waals surface area contributed by atoms with Gasteiger partial charge in [0.15, 0.2) is 0 Å². The summed E-state index contributed by atoms with van der Waals surface area (Å²) in [4.78, 5) is 20.5. The number of nitrogens with one attached hydrogen (secondary N) is 1. The number of nitro benzene ring substituents is 2. The van der Waals surface area contributed by atoms with Gasteiger partial charge in [0, 0.05) is 36.7 Å². The van der Waals surface area contributed by atoms with Crippen LogP contribution >= 0.6 is 0 Å². The molecule has 0 aromatic heterocycles. The monoisotopic (exact) mass is 343 g/mol. The van der Waals surface area contributed by atoms with Gasteiger partial charge in [0.05, 0.1) is 16.5 Å². The van der Waals surface area contributed by atoms with Crippen molar-refractivity contribution >= 4 is 11.4 Å². The van der Waals surface area contributed by atoms with Crippen LogP contribution in [0.1, 0.15) is 11.1 Å². The van der Waals surface area contributed by atoms with Crippen LogP contribution in [0.3, 0.4) is 0 Å². The molecule has 1 heterocycles. The van der Waals surface area contributed by atoms with Crippen LogP contribution in [0.4, 0.5) is 11.4 Å². The molecule has 8 heteroatoms. The fourth-order valence-electron chi connectivity index (χ4n) is 2.83. The van der Waals surface area contributed by atoms with Gasteiger partial charge >= 0.3 is 0 Å². The summed E-state index contributed by atoms with van der Waals surface area (Å²) in [5.41, 5.74) is 2.11. The van der Waals surface area contributed by atoms with Gasteiger partial charge in [0.25, 0.3) is 11.4 Å². The average Bonchev–Trinajstić information content (AvgIpc) is 3.02. The fraction of sp³-hybridized carbons (Fsp3) is 0.294. The van der Waals surface area contributed by atoms with Crippen molar-refractivity contribution in [2.75, 3.05) is 6.61 Å². The van der Waals surface area contributed by atoms with Crippen molar-refractivity contribution in [3.8, 4) is 0 Å². The lowest BCUT2D eigenvalue weighted by Gasteiger charge is -2.12. The minimum atomic E-state index is -0.422. The highest BCUT2D eigenvalue weighted by Gasteiger charge is 2.25. The molecule has 2 unspecified atom stereocenters. The average molecular weight is 343 g/mol. The van der Waals surface area contributed by atoms with Crippen LogP contribution in [0.5, 0.6) is 0 Å². The molecule has 0 spiro atoms. The Hall–Kier alpha value is -2.84. The molecule has 0 radical (unpaired) electrons. The summed E-state index contributed by atoms with van der Waals surface area (Å²) in [5.74, 6) is 0. The molecule has 130 valence electrons. The third kappa shape index (κ3) is 4.37. The summed E-state index contributed by atoms with van der Waals surface area (Å²) in [6, 6.07) is 13.1. The number of benzene rings is 2. The van der Waals surface area contributed by atoms with Gasteiger partial charge in [-0.15, -0.1) is 0 Å². The summed E-state index contributed by atoms with van der Waals surface area (Å²) in [7, 11) is 0. The van der Waals surface area contributed by atoms with Crippen LogP contribution in [0, 0.1) is 20.2 Å². The third-order valence-electron chi connectivity index (χ3n) is 4.12. The number of non-ortho nitro benzene ring substituents is 2. The summed E-state index contributed by atoms with van der Waals surface area (Å²) in [5, 5.41) is 24.7. The highest BCUT2D eigenvalue weighted by Crippen LogP contribution is 2.18. The van der Waals surface area contributed by atoms with E-state index in [2.05, 4.69) is 5.32 Å². The maximum Gasteiger partial charge on any atom is 0.269 e. The number of nitrogens with zero attached hydrogens (tertiary/aromatic N) is 2. The third-order valence-corrected chi connectivity index (χ3v) is 4.12. The Morgan fingerprint density at radius 2 is 1.36 bits per heavy atom. The lowest BCUT2D eigenvalue weighted by molar-refractivity contribution is -0.385. The SMILES string of the molecule is O=[N+]([O-])c1ccc(CC2COC(Cc3ccc([N+](=O)[O-])cc3)N2)cc1. The molecule has 2 atom stereocenters. The van der Waals surface area contributed by atoms with Crippen LogP contribution < -0.4 is 5.32 Å². The summed E-state index contributed by atoms with van der Waals surface area (Å²) < 4.78 is 5.73. The van der Waals surface area contributed by atoms with Crippen LogP contribution in [0.2, 0.25) is 0 Å². The molecular formula is C17H17N3O5. The zero-order valence-corrected chi connectivity index (χ0v) is 13.3. The maximum absolute atomic E-state index is 10.7. The summed E-state index contributed by atoms with van der Waals surface area (Å²) in [6.07, 6.45) is 1.19. The van der Waals surface area contributed by atoms with Crippen molar-refractivity contribution < 1.29 is 14.6 Å². The molecule has 1 N–H and O–H groups in total. The fourth-order valence-corrected chi connectivity index (χ4v) is 2.83. The first-order chi connectivity index (χ1) is 12.0. The van der Waals surface area contributed by atoms with Gasteiger partial charge in [0.1, 0.15) is 6.23 Å². The van der Waals surface area contributed by atoms with Gasteiger partial charge in [-0.25, -0.2) is 0 Å². The first-order valence-electron chi connectivity index (χ1n) is 7.85. The lowest BCUT2D eigenvalue weighted by Crippen LogP contribution is -2.33. The van der Waals surface area contributed by atoms with Gasteiger partial charge in [-0.2, -0.15) is 0 Å². The first kappa shape index (κ1) is 17.0.